The van der Waals surface area contributed by atoms with Crippen molar-refractivity contribution in [1.29, 1.82) is 0 Å². The number of hydrogen-bond acceptors (Lipinski definition) is 5. The average molecular weight is 377 g/mol. The van der Waals surface area contributed by atoms with E-state index in [0.29, 0.717) is 25.6 Å². The molecule has 0 atom stereocenters. The Morgan fingerprint density at radius 1 is 1.19 bits per heavy atom. The molecule has 0 bridgehead atoms. The molecule has 0 aromatic carbocycles. The second-order valence-electron chi connectivity index (χ2n) is 7.50. The van der Waals surface area contributed by atoms with Crippen LogP contribution in [0, 0.1) is 0 Å². The fourth-order valence-electron chi connectivity index (χ4n) is 2.72. The number of guanidine groups is 1. The molecule has 27 heavy (non-hydrogen) atoms. The van der Waals surface area contributed by atoms with Gasteiger partial charge in [0.1, 0.15) is 11.4 Å². The monoisotopic (exact) mass is 376 g/mol. The maximum atomic E-state index is 11.6. The number of amides is 1. The molecule has 1 aromatic rings. The van der Waals surface area contributed by atoms with Crippen LogP contribution in [-0.2, 0) is 11.3 Å². The fourth-order valence-corrected chi connectivity index (χ4v) is 2.72. The molecule has 2 heterocycles. The maximum absolute atomic E-state index is 11.6. The van der Waals surface area contributed by atoms with Gasteiger partial charge in [0.05, 0.1) is 0 Å². The molecule has 1 aromatic heterocycles. The van der Waals surface area contributed by atoms with Gasteiger partial charge in [0.25, 0.3) is 0 Å². The predicted molar refractivity (Wildman–Crippen MR) is 108 cm³/mol. The Morgan fingerprint density at radius 2 is 1.89 bits per heavy atom. The van der Waals surface area contributed by atoms with E-state index in [1.807, 2.05) is 27.0 Å². The van der Waals surface area contributed by atoms with Crippen LogP contribution in [0.5, 0.6) is 0 Å². The molecule has 1 saturated heterocycles. The van der Waals surface area contributed by atoms with Crippen LogP contribution in [0.25, 0.3) is 0 Å². The third-order valence-corrected chi connectivity index (χ3v) is 4.01. The molecule has 1 amide bonds. The minimum Gasteiger partial charge on any atom is -0.444 e. The zero-order chi connectivity index (χ0) is 19.7. The molecule has 1 aliphatic rings. The molecule has 0 saturated carbocycles. The van der Waals surface area contributed by atoms with Crippen molar-refractivity contribution in [2.45, 2.75) is 45.8 Å². The predicted octanol–water partition coefficient (Wildman–Crippen LogP) is 1.87. The number of hydrogen-bond donors (Lipinski definition) is 3. The third kappa shape index (κ3) is 7.72. The van der Waals surface area contributed by atoms with E-state index >= 15 is 0 Å². The quantitative estimate of drug-likeness (QED) is 0.399. The van der Waals surface area contributed by atoms with Crippen LogP contribution in [-0.4, -0.2) is 55.9 Å². The van der Waals surface area contributed by atoms with E-state index in [1.165, 1.54) is 12.8 Å². The standard InChI is InChI=1S/C19H32N6O2/c1-19(2,3)27-18(26)22-10-9-21-17(20-4)24-14-15-7-8-16(23-13-15)25-11-5-6-12-25/h7-8,13H,5-6,9-12,14H2,1-4H3,(H,22,26)(H2,20,21,24). The van der Waals surface area contributed by atoms with E-state index in [0.717, 1.165) is 24.5 Å². The number of anilines is 1. The van der Waals surface area contributed by atoms with Gasteiger partial charge in [0.2, 0.25) is 0 Å². The molecule has 0 radical (unpaired) electrons. The number of nitrogens with zero attached hydrogens (tertiary/aromatic N) is 3. The number of aliphatic imine (C=N–C) groups is 1. The summed E-state index contributed by atoms with van der Waals surface area (Å²) in [5.74, 6) is 1.72. The topological polar surface area (TPSA) is 90.9 Å². The number of ether oxygens (including phenoxy) is 1. The normalized spacial score (nSPS) is 14.8. The van der Waals surface area contributed by atoms with Crippen molar-refractivity contribution in [3.63, 3.8) is 0 Å². The van der Waals surface area contributed by atoms with Crippen LogP contribution in [0.4, 0.5) is 10.6 Å². The van der Waals surface area contributed by atoms with Gasteiger partial charge in [-0.25, -0.2) is 9.78 Å². The highest BCUT2D eigenvalue weighted by atomic mass is 16.6. The van der Waals surface area contributed by atoms with Crippen LogP contribution in [0.15, 0.2) is 23.3 Å². The van der Waals surface area contributed by atoms with Gasteiger partial charge in [-0.15, -0.1) is 0 Å². The number of alkyl carbamates (subject to hydrolysis) is 1. The molecule has 150 valence electrons. The summed E-state index contributed by atoms with van der Waals surface area (Å²) < 4.78 is 5.19. The SMILES string of the molecule is CN=C(NCCNC(=O)OC(C)(C)C)NCc1ccc(N2CCCC2)nc1. The van der Waals surface area contributed by atoms with Crippen molar-refractivity contribution in [3.8, 4) is 0 Å². The van der Waals surface area contributed by atoms with Crippen LogP contribution in [0.2, 0.25) is 0 Å². The molecule has 1 fully saturated rings. The first-order valence-corrected chi connectivity index (χ1v) is 9.48. The summed E-state index contributed by atoms with van der Waals surface area (Å²) >= 11 is 0. The summed E-state index contributed by atoms with van der Waals surface area (Å²) in [7, 11) is 1.71. The van der Waals surface area contributed by atoms with Gasteiger partial charge in [-0.2, -0.15) is 0 Å². The molecule has 0 aliphatic carbocycles. The van der Waals surface area contributed by atoms with Crippen molar-refractivity contribution in [1.82, 2.24) is 20.9 Å². The first-order chi connectivity index (χ1) is 12.9. The second kappa shape index (κ2) is 9.99. The molecule has 0 unspecified atom stereocenters. The van der Waals surface area contributed by atoms with Crippen molar-refractivity contribution in [2.24, 2.45) is 4.99 Å². The Hall–Kier alpha value is -2.51. The summed E-state index contributed by atoms with van der Waals surface area (Å²) in [5, 5.41) is 9.10. The number of aromatic nitrogens is 1. The van der Waals surface area contributed by atoms with E-state index in [1.54, 1.807) is 7.05 Å². The zero-order valence-electron chi connectivity index (χ0n) is 16.8. The van der Waals surface area contributed by atoms with Crippen LogP contribution in [0.1, 0.15) is 39.2 Å². The highest BCUT2D eigenvalue weighted by Crippen LogP contribution is 2.17. The lowest BCUT2D eigenvalue weighted by Gasteiger charge is -2.20. The first kappa shape index (κ1) is 20.8. The largest absolute Gasteiger partial charge is 0.444 e. The molecule has 3 N–H and O–H groups in total. The number of rotatable bonds is 6. The summed E-state index contributed by atoms with van der Waals surface area (Å²) in [4.78, 5) is 22.6. The Kier molecular flexibility index (Phi) is 7.69. The first-order valence-electron chi connectivity index (χ1n) is 9.48. The van der Waals surface area contributed by atoms with Crippen molar-refractivity contribution < 1.29 is 9.53 Å². The van der Waals surface area contributed by atoms with Gasteiger partial charge < -0.3 is 25.6 Å². The molecular weight excluding hydrogens is 344 g/mol. The molecule has 8 heteroatoms. The number of carbonyl (C=O) groups is 1. The summed E-state index contributed by atoms with van der Waals surface area (Å²) in [6.07, 6.45) is 3.97. The molecular formula is C19H32N6O2. The lowest BCUT2D eigenvalue weighted by molar-refractivity contribution is 0.0529. The number of nitrogens with one attached hydrogen (secondary N) is 3. The van der Waals surface area contributed by atoms with E-state index in [2.05, 4.69) is 43.0 Å². The van der Waals surface area contributed by atoms with Gasteiger partial charge in [-0.3, -0.25) is 4.99 Å². The highest BCUT2D eigenvalue weighted by molar-refractivity contribution is 5.79. The second-order valence-corrected chi connectivity index (χ2v) is 7.50. The lowest BCUT2D eigenvalue weighted by atomic mass is 10.2. The van der Waals surface area contributed by atoms with Gasteiger partial charge >= 0.3 is 6.09 Å². The van der Waals surface area contributed by atoms with E-state index in [-0.39, 0.29) is 0 Å². The Morgan fingerprint density at radius 3 is 2.48 bits per heavy atom. The average Bonchev–Trinajstić information content (AvgIpc) is 3.15. The lowest BCUT2D eigenvalue weighted by Crippen LogP contribution is -2.42. The summed E-state index contributed by atoms with van der Waals surface area (Å²) in [6, 6.07) is 4.16. The van der Waals surface area contributed by atoms with Crippen LogP contribution >= 0.6 is 0 Å². The van der Waals surface area contributed by atoms with E-state index < -0.39 is 11.7 Å². The zero-order valence-corrected chi connectivity index (χ0v) is 16.8. The highest BCUT2D eigenvalue weighted by Gasteiger charge is 2.15. The Bertz CT molecular complexity index is 618. The fraction of sp³-hybridized carbons (Fsp3) is 0.632. The molecule has 2 rings (SSSR count). The van der Waals surface area contributed by atoms with Gasteiger partial charge in [-0.1, -0.05) is 6.07 Å². The van der Waals surface area contributed by atoms with Gasteiger partial charge in [0.15, 0.2) is 5.96 Å². The molecule has 0 spiro atoms. The maximum Gasteiger partial charge on any atom is 0.407 e. The Balaban J connectivity index is 1.67. The Labute approximate surface area is 161 Å². The van der Waals surface area contributed by atoms with Crippen molar-refractivity contribution in [3.05, 3.63) is 23.9 Å². The van der Waals surface area contributed by atoms with Crippen molar-refractivity contribution in [2.75, 3.05) is 38.1 Å². The molecule has 8 nitrogen and oxygen atoms in total. The van der Waals surface area contributed by atoms with Gasteiger partial charge in [-0.05, 0) is 45.2 Å². The van der Waals surface area contributed by atoms with Crippen molar-refractivity contribution >= 4 is 17.9 Å². The summed E-state index contributed by atoms with van der Waals surface area (Å²) in [5.41, 5.74) is 0.598. The van der Waals surface area contributed by atoms with Crippen LogP contribution < -0.4 is 20.9 Å². The van der Waals surface area contributed by atoms with Crippen LogP contribution in [0.3, 0.4) is 0 Å². The van der Waals surface area contributed by atoms with Gasteiger partial charge in [0, 0.05) is 46.0 Å². The third-order valence-electron chi connectivity index (χ3n) is 4.01. The van der Waals surface area contributed by atoms with E-state index in [4.69, 9.17) is 4.74 Å². The minimum atomic E-state index is -0.493. The number of carbonyl (C=O) groups excluding carboxylic acids is 1. The minimum absolute atomic E-state index is 0.420. The smallest absolute Gasteiger partial charge is 0.407 e. The van der Waals surface area contributed by atoms with E-state index in [9.17, 15) is 4.79 Å². The summed E-state index contributed by atoms with van der Waals surface area (Å²) in [6.45, 7) is 9.32. The number of pyridine rings is 1. The molecule has 1 aliphatic heterocycles.